The zero-order chi connectivity index (χ0) is 15.1. The summed E-state index contributed by atoms with van der Waals surface area (Å²) in [6.07, 6.45) is 0.0957. The third-order valence-electron chi connectivity index (χ3n) is 3.09. The Morgan fingerprint density at radius 1 is 1.05 bits per heavy atom. The number of aryl methyl sites for hydroxylation is 1. The van der Waals surface area contributed by atoms with Gasteiger partial charge in [-0.3, -0.25) is 0 Å². The number of nitrogens with one attached hydrogen (secondary N) is 1. The molecule has 0 bridgehead atoms. The van der Waals surface area contributed by atoms with Crippen LogP contribution in [0.5, 0.6) is 11.5 Å². The highest BCUT2D eigenvalue weighted by atomic mass is 16.5. The molecule has 3 nitrogen and oxygen atoms in total. The minimum Gasteiger partial charge on any atom is -0.494 e. The molecule has 0 aliphatic rings. The first-order valence-corrected chi connectivity index (χ1v) is 7.37. The Balaban J connectivity index is 1.82. The normalized spacial score (nSPS) is 11.8. The van der Waals surface area contributed by atoms with Crippen LogP contribution in [0.25, 0.3) is 0 Å². The number of rotatable bonds is 7. The van der Waals surface area contributed by atoms with Crippen molar-refractivity contribution in [1.82, 2.24) is 0 Å². The SMILES string of the molecule is CCOc1ccc(NC[C@@H](C)Oc2cccc(C)c2)cc1. The van der Waals surface area contributed by atoms with Gasteiger partial charge in [0, 0.05) is 5.69 Å². The van der Waals surface area contributed by atoms with Gasteiger partial charge in [-0.25, -0.2) is 0 Å². The quantitative estimate of drug-likeness (QED) is 0.824. The van der Waals surface area contributed by atoms with Crippen LogP contribution in [0.3, 0.4) is 0 Å². The van der Waals surface area contributed by atoms with Crippen LogP contribution in [0.4, 0.5) is 5.69 Å². The monoisotopic (exact) mass is 285 g/mol. The molecule has 0 amide bonds. The summed E-state index contributed by atoms with van der Waals surface area (Å²) >= 11 is 0. The molecule has 0 saturated heterocycles. The Morgan fingerprint density at radius 3 is 2.48 bits per heavy atom. The van der Waals surface area contributed by atoms with Crippen molar-refractivity contribution in [2.24, 2.45) is 0 Å². The van der Waals surface area contributed by atoms with Gasteiger partial charge in [0.25, 0.3) is 0 Å². The van der Waals surface area contributed by atoms with Crippen molar-refractivity contribution in [2.45, 2.75) is 26.9 Å². The molecule has 0 unspecified atom stereocenters. The molecule has 0 radical (unpaired) electrons. The Labute approximate surface area is 126 Å². The third kappa shape index (κ3) is 5.03. The molecule has 1 N–H and O–H groups in total. The summed E-state index contributed by atoms with van der Waals surface area (Å²) in [5, 5.41) is 3.37. The Hall–Kier alpha value is -2.16. The Bertz CT molecular complexity index is 551. The highest BCUT2D eigenvalue weighted by molar-refractivity contribution is 5.46. The van der Waals surface area contributed by atoms with E-state index in [2.05, 4.69) is 25.2 Å². The van der Waals surface area contributed by atoms with Gasteiger partial charge >= 0.3 is 0 Å². The maximum absolute atomic E-state index is 5.89. The second kappa shape index (κ2) is 7.58. The molecule has 2 aromatic rings. The fourth-order valence-corrected chi connectivity index (χ4v) is 2.06. The molecule has 2 rings (SSSR count). The molecule has 1 atom stereocenters. The highest BCUT2D eigenvalue weighted by Gasteiger charge is 2.04. The summed E-state index contributed by atoms with van der Waals surface area (Å²) in [5.74, 6) is 1.81. The molecule has 3 heteroatoms. The first-order valence-electron chi connectivity index (χ1n) is 7.37. The minimum atomic E-state index is 0.0957. The minimum absolute atomic E-state index is 0.0957. The molecule has 0 aliphatic heterocycles. The number of anilines is 1. The van der Waals surface area contributed by atoms with Crippen molar-refractivity contribution in [3.05, 3.63) is 54.1 Å². The first-order chi connectivity index (χ1) is 10.2. The van der Waals surface area contributed by atoms with Gasteiger partial charge in [0.15, 0.2) is 0 Å². The lowest BCUT2D eigenvalue weighted by atomic mass is 10.2. The van der Waals surface area contributed by atoms with Crippen molar-refractivity contribution in [1.29, 1.82) is 0 Å². The summed E-state index contributed by atoms with van der Waals surface area (Å²) in [7, 11) is 0. The molecule has 0 aliphatic carbocycles. The van der Waals surface area contributed by atoms with E-state index < -0.39 is 0 Å². The number of benzene rings is 2. The molecule has 0 fully saturated rings. The number of ether oxygens (including phenoxy) is 2. The predicted octanol–water partition coefficient (Wildman–Crippen LogP) is 4.27. The first kappa shape index (κ1) is 15.2. The molecule has 0 aromatic heterocycles. The average molecular weight is 285 g/mol. The van der Waals surface area contributed by atoms with Crippen LogP contribution >= 0.6 is 0 Å². The van der Waals surface area contributed by atoms with E-state index in [9.17, 15) is 0 Å². The fraction of sp³-hybridized carbons (Fsp3) is 0.333. The van der Waals surface area contributed by atoms with Crippen LogP contribution in [0.2, 0.25) is 0 Å². The van der Waals surface area contributed by atoms with Crippen LogP contribution in [0.1, 0.15) is 19.4 Å². The second-order valence-corrected chi connectivity index (χ2v) is 5.08. The van der Waals surface area contributed by atoms with Crippen molar-refractivity contribution >= 4 is 5.69 Å². The van der Waals surface area contributed by atoms with Gasteiger partial charge in [0.2, 0.25) is 0 Å². The lowest BCUT2D eigenvalue weighted by molar-refractivity contribution is 0.234. The molecule has 0 saturated carbocycles. The van der Waals surface area contributed by atoms with E-state index in [0.717, 1.165) is 23.7 Å². The van der Waals surface area contributed by atoms with E-state index in [-0.39, 0.29) is 6.10 Å². The average Bonchev–Trinajstić information content (AvgIpc) is 2.47. The van der Waals surface area contributed by atoms with Gasteiger partial charge in [0.1, 0.15) is 17.6 Å². The van der Waals surface area contributed by atoms with E-state index >= 15 is 0 Å². The zero-order valence-corrected chi connectivity index (χ0v) is 12.9. The van der Waals surface area contributed by atoms with E-state index in [1.54, 1.807) is 0 Å². The van der Waals surface area contributed by atoms with Gasteiger partial charge < -0.3 is 14.8 Å². The number of hydrogen-bond donors (Lipinski definition) is 1. The Morgan fingerprint density at radius 2 is 1.81 bits per heavy atom. The third-order valence-corrected chi connectivity index (χ3v) is 3.09. The summed E-state index contributed by atoms with van der Waals surface area (Å²) in [6, 6.07) is 16.1. The van der Waals surface area contributed by atoms with Gasteiger partial charge in [-0.15, -0.1) is 0 Å². The van der Waals surface area contributed by atoms with Crippen LogP contribution < -0.4 is 14.8 Å². The molecule has 0 spiro atoms. The van der Waals surface area contributed by atoms with Gasteiger partial charge in [0.05, 0.1) is 13.2 Å². The summed E-state index contributed by atoms with van der Waals surface area (Å²) in [4.78, 5) is 0. The van der Waals surface area contributed by atoms with Crippen LogP contribution in [0, 0.1) is 6.92 Å². The molecule has 112 valence electrons. The maximum Gasteiger partial charge on any atom is 0.120 e. The lowest BCUT2D eigenvalue weighted by Crippen LogP contribution is -2.22. The van der Waals surface area contributed by atoms with Crippen molar-refractivity contribution in [3.8, 4) is 11.5 Å². The topological polar surface area (TPSA) is 30.5 Å². The molecular weight excluding hydrogens is 262 g/mol. The molecule has 21 heavy (non-hydrogen) atoms. The van der Waals surface area contributed by atoms with E-state index in [0.29, 0.717) is 6.61 Å². The standard InChI is InChI=1S/C18H23NO2/c1-4-20-17-10-8-16(9-11-17)19-13-15(3)21-18-7-5-6-14(2)12-18/h5-12,15,19H,4,13H2,1-3H3/t15-/m1/s1. The van der Waals surface area contributed by atoms with E-state index in [4.69, 9.17) is 9.47 Å². The van der Waals surface area contributed by atoms with Crippen LogP contribution in [-0.4, -0.2) is 19.3 Å². The summed E-state index contributed by atoms with van der Waals surface area (Å²) in [5.41, 5.74) is 2.28. The largest absolute Gasteiger partial charge is 0.494 e. The van der Waals surface area contributed by atoms with E-state index in [1.807, 2.05) is 49.4 Å². The summed E-state index contributed by atoms with van der Waals surface area (Å²) < 4.78 is 11.3. The highest BCUT2D eigenvalue weighted by Crippen LogP contribution is 2.17. The fourth-order valence-electron chi connectivity index (χ4n) is 2.06. The lowest BCUT2D eigenvalue weighted by Gasteiger charge is -2.16. The molecular formula is C18H23NO2. The predicted molar refractivity (Wildman–Crippen MR) is 87.4 cm³/mol. The van der Waals surface area contributed by atoms with Gasteiger partial charge in [-0.2, -0.15) is 0 Å². The van der Waals surface area contributed by atoms with Gasteiger partial charge in [-0.05, 0) is 62.7 Å². The van der Waals surface area contributed by atoms with Crippen molar-refractivity contribution < 1.29 is 9.47 Å². The van der Waals surface area contributed by atoms with Crippen molar-refractivity contribution in [2.75, 3.05) is 18.5 Å². The molecule has 0 heterocycles. The zero-order valence-electron chi connectivity index (χ0n) is 12.9. The van der Waals surface area contributed by atoms with E-state index in [1.165, 1.54) is 5.56 Å². The Kier molecular flexibility index (Phi) is 5.50. The molecule has 2 aromatic carbocycles. The maximum atomic E-state index is 5.89. The van der Waals surface area contributed by atoms with Crippen molar-refractivity contribution in [3.63, 3.8) is 0 Å². The van der Waals surface area contributed by atoms with Crippen LogP contribution in [0.15, 0.2) is 48.5 Å². The number of hydrogen-bond acceptors (Lipinski definition) is 3. The smallest absolute Gasteiger partial charge is 0.120 e. The van der Waals surface area contributed by atoms with Gasteiger partial charge in [-0.1, -0.05) is 12.1 Å². The van der Waals surface area contributed by atoms with Crippen LogP contribution in [-0.2, 0) is 0 Å². The summed E-state index contributed by atoms with van der Waals surface area (Å²) in [6.45, 7) is 7.55. The second-order valence-electron chi connectivity index (χ2n) is 5.08.